The highest BCUT2D eigenvalue weighted by atomic mass is 35.5. The lowest BCUT2D eigenvalue weighted by atomic mass is 10.2. The van der Waals surface area contributed by atoms with Crippen LogP contribution in [0.15, 0.2) is 36.4 Å². The number of carbonyl (C=O) groups is 1. The summed E-state index contributed by atoms with van der Waals surface area (Å²) < 4.78 is 36.2. The predicted octanol–water partition coefficient (Wildman–Crippen LogP) is 3.17. The molecule has 9 heteroatoms. The summed E-state index contributed by atoms with van der Waals surface area (Å²) in [5.74, 6) is 0.620. The number of nitrogens with one attached hydrogen (secondary N) is 1. The monoisotopic (exact) mass is 410 g/mol. The van der Waals surface area contributed by atoms with E-state index in [9.17, 15) is 13.2 Å². The van der Waals surface area contributed by atoms with Gasteiger partial charge in [0.15, 0.2) is 11.5 Å². The zero-order valence-electron chi connectivity index (χ0n) is 15.0. The van der Waals surface area contributed by atoms with Crippen LogP contribution < -0.4 is 19.1 Å². The Labute approximate surface area is 162 Å². The first kappa shape index (κ1) is 19.3. The van der Waals surface area contributed by atoms with Crippen LogP contribution >= 0.6 is 11.6 Å². The summed E-state index contributed by atoms with van der Waals surface area (Å²) >= 11 is 6.13. The lowest BCUT2D eigenvalue weighted by molar-refractivity contribution is -0.116. The van der Waals surface area contributed by atoms with E-state index < -0.39 is 22.0 Å². The molecule has 0 unspecified atom stereocenters. The molecule has 0 bridgehead atoms. The Morgan fingerprint density at radius 2 is 1.89 bits per heavy atom. The van der Waals surface area contributed by atoms with Gasteiger partial charge >= 0.3 is 0 Å². The minimum Gasteiger partial charge on any atom is -0.454 e. The van der Waals surface area contributed by atoms with Gasteiger partial charge in [-0.25, -0.2) is 8.42 Å². The first-order valence-electron chi connectivity index (χ1n) is 8.13. The van der Waals surface area contributed by atoms with Crippen molar-refractivity contribution in [2.75, 3.05) is 22.7 Å². The van der Waals surface area contributed by atoms with Crippen LogP contribution in [0, 0.1) is 6.92 Å². The molecule has 0 radical (unpaired) electrons. The van der Waals surface area contributed by atoms with Crippen molar-refractivity contribution in [1.29, 1.82) is 0 Å². The molecular weight excluding hydrogens is 392 g/mol. The van der Waals surface area contributed by atoms with Crippen LogP contribution in [-0.4, -0.2) is 33.4 Å². The third-order valence-electron chi connectivity index (χ3n) is 4.14. The van der Waals surface area contributed by atoms with Gasteiger partial charge in [-0.1, -0.05) is 17.7 Å². The molecule has 1 amide bonds. The zero-order valence-corrected chi connectivity index (χ0v) is 16.6. The predicted molar refractivity (Wildman–Crippen MR) is 104 cm³/mol. The second-order valence-electron chi connectivity index (χ2n) is 6.23. The van der Waals surface area contributed by atoms with Crippen LogP contribution in [0.3, 0.4) is 0 Å². The first-order valence-corrected chi connectivity index (χ1v) is 10.4. The van der Waals surface area contributed by atoms with Gasteiger partial charge in [-0.3, -0.25) is 9.10 Å². The summed E-state index contributed by atoms with van der Waals surface area (Å²) in [6.45, 7) is 3.45. The number of sulfonamides is 1. The Balaban J connectivity index is 1.86. The molecule has 1 N–H and O–H groups in total. The quantitative estimate of drug-likeness (QED) is 0.818. The number of carbonyl (C=O) groups excluding carboxylic acids is 1. The van der Waals surface area contributed by atoms with Crippen LogP contribution in [0.2, 0.25) is 5.02 Å². The van der Waals surface area contributed by atoms with E-state index in [1.807, 2.05) is 6.92 Å². The molecule has 0 aromatic heterocycles. The standard InChI is InChI=1S/C18H19ClN2O5S/c1-11-4-6-14(9-15(11)19)21(27(3,23)24)12(2)18(22)20-13-5-7-16-17(8-13)26-10-25-16/h4-9,12H,10H2,1-3H3,(H,20,22)/t12-/m0/s1. The lowest BCUT2D eigenvalue weighted by Gasteiger charge is -2.28. The Morgan fingerprint density at radius 3 is 2.56 bits per heavy atom. The van der Waals surface area contributed by atoms with E-state index >= 15 is 0 Å². The lowest BCUT2D eigenvalue weighted by Crippen LogP contribution is -2.45. The molecule has 3 rings (SSSR count). The number of fused-ring (bicyclic) bond motifs is 1. The summed E-state index contributed by atoms with van der Waals surface area (Å²) in [5.41, 5.74) is 1.61. The molecule has 1 heterocycles. The summed E-state index contributed by atoms with van der Waals surface area (Å²) in [6, 6.07) is 8.82. The van der Waals surface area contributed by atoms with E-state index in [-0.39, 0.29) is 6.79 Å². The molecule has 0 spiro atoms. The number of hydrogen-bond donors (Lipinski definition) is 1. The summed E-state index contributed by atoms with van der Waals surface area (Å²) in [4.78, 5) is 12.7. The number of amides is 1. The van der Waals surface area contributed by atoms with Gasteiger partial charge in [-0.05, 0) is 43.7 Å². The molecule has 27 heavy (non-hydrogen) atoms. The Kier molecular flexibility index (Phi) is 5.21. The topological polar surface area (TPSA) is 84.9 Å². The highest BCUT2D eigenvalue weighted by Crippen LogP contribution is 2.34. The molecule has 1 atom stereocenters. The fourth-order valence-electron chi connectivity index (χ4n) is 2.75. The van der Waals surface area contributed by atoms with Gasteiger partial charge in [0.2, 0.25) is 22.7 Å². The number of rotatable bonds is 5. The largest absolute Gasteiger partial charge is 0.454 e. The molecule has 0 saturated carbocycles. The van der Waals surface area contributed by atoms with Crippen molar-refractivity contribution in [3.05, 3.63) is 47.0 Å². The maximum Gasteiger partial charge on any atom is 0.247 e. The van der Waals surface area contributed by atoms with Crippen LogP contribution in [0.5, 0.6) is 11.5 Å². The minimum absolute atomic E-state index is 0.124. The molecule has 144 valence electrons. The van der Waals surface area contributed by atoms with Gasteiger partial charge in [0.05, 0.1) is 11.9 Å². The highest BCUT2D eigenvalue weighted by Gasteiger charge is 2.29. The molecule has 0 fully saturated rings. The highest BCUT2D eigenvalue weighted by molar-refractivity contribution is 7.92. The van der Waals surface area contributed by atoms with Crippen molar-refractivity contribution in [2.45, 2.75) is 19.9 Å². The van der Waals surface area contributed by atoms with E-state index in [0.717, 1.165) is 16.1 Å². The molecule has 7 nitrogen and oxygen atoms in total. The van der Waals surface area contributed by atoms with Crippen LogP contribution in [0.25, 0.3) is 0 Å². The van der Waals surface area contributed by atoms with E-state index in [1.54, 1.807) is 30.3 Å². The van der Waals surface area contributed by atoms with Crippen LogP contribution in [0.1, 0.15) is 12.5 Å². The number of hydrogen-bond acceptors (Lipinski definition) is 5. The number of aryl methyl sites for hydroxylation is 1. The molecule has 1 aliphatic rings. The smallest absolute Gasteiger partial charge is 0.247 e. The second kappa shape index (κ2) is 7.28. The third-order valence-corrected chi connectivity index (χ3v) is 5.79. The van der Waals surface area contributed by atoms with Crippen molar-refractivity contribution in [3.8, 4) is 11.5 Å². The fraction of sp³-hybridized carbons (Fsp3) is 0.278. The Bertz CT molecular complexity index is 993. The first-order chi connectivity index (χ1) is 12.7. The molecule has 2 aromatic carbocycles. The maximum atomic E-state index is 12.7. The van der Waals surface area contributed by atoms with Crippen molar-refractivity contribution >= 4 is 38.9 Å². The molecule has 2 aromatic rings. The molecule has 0 aliphatic carbocycles. The normalized spacial score (nSPS) is 13.9. The molecule has 0 saturated heterocycles. The third kappa shape index (κ3) is 4.12. The van der Waals surface area contributed by atoms with Gasteiger partial charge in [0.1, 0.15) is 6.04 Å². The van der Waals surface area contributed by atoms with Crippen LogP contribution in [-0.2, 0) is 14.8 Å². The average Bonchev–Trinajstić information content (AvgIpc) is 3.04. The van der Waals surface area contributed by atoms with Gasteiger partial charge < -0.3 is 14.8 Å². The van der Waals surface area contributed by atoms with Crippen molar-refractivity contribution < 1.29 is 22.7 Å². The average molecular weight is 411 g/mol. The minimum atomic E-state index is -3.72. The fourth-order valence-corrected chi connectivity index (χ4v) is 4.09. The number of nitrogens with zero attached hydrogens (tertiary/aromatic N) is 1. The van der Waals surface area contributed by atoms with E-state index in [0.29, 0.717) is 27.9 Å². The Morgan fingerprint density at radius 1 is 1.19 bits per heavy atom. The SMILES string of the molecule is Cc1ccc(N([C@@H](C)C(=O)Nc2ccc3c(c2)OCO3)S(C)(=O)=O)cc1Cl. The van der Waals surface area contributed by atoms with Crippen molar-refractivity contribution in [2.24, 2.45) is 0 Å². The van der Waals surface area contributed by atoms with Gasteiger partial charge in [0.25, 0.3) is 0 Å². The van der Waals surface area contributed by atoms with Gasteiger partial charge in [-0.2, -0.15) is 0 Å². The van der Waals surface area contributed by atoms with Gasteiger partial charge in [-0.15, -0.1) is 0 Å². The summed E-state index contributed by atoms with van der Waals surface area (Å²) in [5, 5.41) is 3.13. The van der Waals surface area contributed by atoms with Gasteiger partial charge in [0, 0.05) is 16.8 Å². The number of anilines is 2. The zero-order chi connectivity index (χ0) is 19.8. The van der Waals surface area contributed by atoms with E-state index in [4.69, 9.17) is 21.1 Å². The van der Waals surface area contributed by atoms with E-state index in [2.05, 4.69) is 5.32 Å². The number of benzene rings is 2. The molecule has 1 aliphatic heterocycles. The maximum absolute atomic E-state index is 12.7. The molecular formula is C18H19ClN2O5S. The Hall–Kier alpha value is -2.45. The number of ether oxygens (including phenoxy) is 2. The van der Waals surface area contributed by atoms with E-state index in [1.165, 1.54) is 13.0 Å². The summed E-state index contributed by atoms with van der Waals surface area (Å²) in [7, 11) is -3.72. The van der Waals surface area contributed by atoms with Crippen molar-refractivity contribution in [1.82, 2.24) is 0 Å². The van der Waals surface area contributed by atoms with Crippen LogP contribution in [0.4, 0.5) is 11.4 Å². The summed E-state index contributed by atoms with van der Waals surface area (Å²) in [6.07, 6.45) is 1.05. The second-order valence-corrected chi connectivity index (χ2v) is 8.49. The number of halogens is 1. The van der Waals surface area contributed by atoms with Crippen molar-refractivity contribution in [3.63, 3.8) is 0 Å².